The molecule has 0 aliphatic rings. The Hall–Kier alpha value is -1.31. The highest BCUT2D eigenvalue weighted by Crippen LogP contribution is 2.14. The van der Waals surface area contributed by atoms with E-state index in [-0.39, 0.29) is 5.97 Å². The number of para-hydroxylation sites is 1. The number of esters is 1. The highest BCUT2D eigenvalue weighted by molar-refractivity contribution is 5.72. The van der Waals surface area contributed by atoms with Gasteiger partial charge in [0.2, 0.25) is 0 Å². The molecule has 0 saturated carbocycles. The number of hydrogen-bond acceptors (Lipinski definition) is 2. The number of rotatable bonds is 15. The molecule has 0 aliphatic carbocycles. The van der Waals surface area contributed by atoms with Crippen LogP contribution < -0.4 is 4.74 Å². The molecule has 24 heavy (non-hydrogen) atoms. The number of carbonyl (C=O) groups excluding carboxylic acids is 1. The molecule has 0 radical (unpaired) electrons. The first-order valence-electron chi connectivity index (χ1n) is 10.1. The van der Waals surface area contributed by atoms with Crippen LogP contribution in [0.15, 0.2) is 30.3 Å². The zero-order chi connectivity index (χ0) is 17.3. The maximum absolute atomic E-state index is 11.7. The van der Waals surface area contributed by atoms with Gasteiger partial charge in [0.1, 0.15) is 5.75 Å². The lowest BCUT2D eigenvalue weighted by Crippen LogP contribution is -2.07. The van der Waals surface area contributed by atoms with E-state index in [4.69, 9.17) is 4.74 Å². The smallest absolute Gasteiger partial charge is 0.311 e. The second kappa shape index (κ2) is 15.2. The summed E-state index contributed by atoms with van der Waals surface area (Å²) in [6.45, 7) is 2.27. The van der Waals surface area contributed by atoms with Crippen molar-refractivity contribution in [3.8, 4) is 5.75 Å². The fourth-order valence-electron chi connectivity index (χ4n) is 2.96. The van der Waals surface area contributed by atoms with Crippen molar-refractivity contribution in [2.45, 2.75) is 96.8 Å². The summed E-state index contributed by atoms with van der Waals surface area (Å²) in [5.74, 6) is 0.543. The zero-order valence-electron chi connectivity index (χ0n) is 15.6. The minimum atomic E-state index is -0.107. The van der Waals surface area contributed by atoms with E-state index in [9.17, 15) is 4.79 Å². The molecular weight excluding hydrogens is 296 g/mol. The predicted octanol–water partition coefficient (Wildman–Crippen LogP) is 7.07. The molecule has 0 fully saturated rings. The van der Waals surface area contributed by atoms with Crippen LogP contribution in [-0.4, -0.2) is 5.97 Å². The van der Waals surface area contributed by atoms with Crippen molar-refractivity contribution in [3.63, 3.8) is 0 Å². The Kier molecular flexibility index (Phi) is 13.2. The molecule has 0 N–H and O–H groups in total. The minimum Gasteiger partial charge on any atom is -0.427 e. The van der Waals surface area contributed by atoms with Crippen molar-refractivity contribution in [3.05, 3.63) is 30.3 Å². The van der Waals surface area contributed by atoms with Gasteiger partial charge in [-0.25, -0.2) is 0 Å². The number of ether oxygens (including phenoxy) is 1. The van der Waals surface area contributed by atoms with Gasteiger partial charge in [-0.1, -0.05) is 102 Å². The Labute approximate surface area is 149 Å². The highest BCUT2D eigenvalue weighted by Gasteiger charge is 2.03. The molecular formula is C22H36O2. The lowest BCUT2D eigenvalue weighted by molar-refractivity contribution is -0.134. The van der Waals surface area contributed by atoms with Gasteiger partial charge in [0, 0.05) is 6.42 Å². The van der Waals surface area contributed by atoms with E-state index >= 15 is 0 Å². The van der Waals surface area contributed by atoms with Crippen LogP contribution in [0.3, 0.4) is 0 Å². The molecule has 0 heterocycles. The van der Waals surface area contributed by atoms with Gasteiger partial charge >= 0.3 is 5.97 Å². The average Bonchev–Trinajstić information content (AvgIpc) is 2.60. The summed E-state index contributed by atoms with van der Waals surface area (Å²) < 4.78 is 5.28. The van der Waals surface area contributed by atoms with Gasteiger partial charge in [-0.3, -0.25) is 4.79 Å². The molecule has 0 aliphatic heterocycles. The number of hydrogen-bond donors (Lipinski definition) is 0. The van der Waals surface area contributed by atoms with Gasteiger partial charge in [-0.15, -0.1) is 0 Å². The summed E-state index contributed by atoms with van der Waals surface area (Å²) in [5, 5.41) is 0. The Morgan fingerprint density at radius 2 is 1.17 bits per heavy atom. The molecule has 1 aromatic rings. The van der Waals surface area contributed by atoms with Gasteiger partial charge in [0.25, 0.3) is 0 Å². The maximum atomic E-state index is 11.7. The molecule has 0 amide bonds. The van der Waals surface area contributed by atoms with Crippen molar-refractivity contribution in [2.24, 2.45) is 0 Å². The monoisotopic (exact) mass is 332 g/mol. The molecule has 136 valence electrons. The van der Waals surface area contributed by atoms with Crippen LogP contribution in [0.1, 0.15) is 96.8 Å². The summed E-state index contributed by atoms with van der Waals surface area (Å²) in [5.41, 5.74) is 0. The van der Waals surface area contributed by atoms with Crippen LogP contribution in [0.5, 0.6) is 5.75 Å². The van der Waals surface area contributed by atoms with E-state index in [0.29, 0.717) is 12.2 Å². The number of benzene rings is 1. The minimum absolute atomic E-state index is 0.107. The molecule has 0 spiro atoms. The average molecular weight is 333 g/mol. The molecule has 0 aromatic heterocycles. The molecule has 2 heteroatoms. The van der Waals surface area contributed by atoms with Gasteiger partial charge in [0.15, 0.2) is 0 Å². The lowest BCUT2D eigenvalue weighted by Gasteiger charge is -2.04. The van der Waals surface area contributed by atoms with Crippen molar-refractivity contribution in [1.82, 2.24) is 0 Å². The third-order valence-electron chi connectivity index (χ3n) is 4.46. The second-order valence-corrected chi connectivity index (χ2v) is 6.78. The number of unbranched alkanes of at least 4 members (excludes halogenated alkanes) is 12. The summed E-state index contributed by atoms with van der Waals surface area (Å²) in [6.07, 6.45) is 17.7. The van der Waals surface area contributed by atoms with Crippen molar-refractivity contribution in [1.29, 1.82) is 0 Å². The summed E-state index contributed by atoms with van der Waals surface area (Å²) in [4.78, 5) is 11.7. The van der Waals surface area contributed by atoms with Crippen molar-refractivity contribution < 1.29 is 9.53 Å². The first-order chi connectivity index (χ1) is 11.8. The highest BCUT2D eigenvalue weighted by atomic mass is 16.5. The largest absolute Gasteiger partial charge is 0.427 e. The maximum Gasteiger partial charge on any atom is 0.311 e. The Morgan fingerprint density at radius 3 is 1.67 bits per heavy atom. The summed E-state index contributed by atoms with van der Waals surface area (Å²) in [6, 6.07) is 9.33. The first-order valence-corrected chi connectivity index (χ1v) is 10.1. The fraction of sp³-hybridized carbons (Fsp3) is 0.682. The van der Waals surface area contributed by atoms with E-state index in [1.165, 1.54) is 70.6 Å². The van der Waals surface area contributed by atoms with E-state index in [1.807, 2.05) is 30.3 Å². The van der Waals surface area contributed by atoms with Gasteiger partial charge in [-0.2, -0.15) is 0 Å². The number of carbonyl (C=O) groups is 1. The molecule has 2 nitrogen and oxygen atoms in total. The molecule has 1 rings (SSSR count). The van der Waals surface area contributed by atoms with Gasteiger partial charge in [-0.05, 0) is 18.6 Å². The van der Waals surface area contributed by atoms with E-state index in [1.54, 1.807) is 0 Å². The van der Waals surface area contributed by atoms with E-state index in [2.05, 4.69) is 6.92 Å². The quantitative estimate of drug-likeness (QED) is 0.195. The second-order valence-electron chi connectivity index (χ2n) is 6.78. The molecule has 0 unspecified atom stereocenters. The normalized spacial score (nSPS) is 10.7. The van der Waals surface area contributed by atoms with E-state index in [0.717, 1.165) is 12.8 Å². The lowest BCUT2D eigenvalue weighted by atomic mass is 10.0. The molecule has 0 bridgehead atoms. The van der Waals surface area contributed by atoms with Crippen LogP contribution in [0.4, 0.5) is 0 Å². The Bertz CT molecular complexity index is 400. The third-order valence-corrected chi connectivity index (χ3v) is 4.46. The first kappa shape index (κ1) is 20.7. The van der Waals surface area contributed by atoms with Crippen LogP contribution in [0, 0.1) is 0 Å². The fourth-order valence-corrected chi connectivity index (χ4v) is 2.96. The van der Waals surface area contributed by atoms with Crippen LogP contribution >= 0.6 is 0 Å². The molecule has 1 aromatic carbocycles. The Morgan fingerprint density at radius 1 is 0.708 bits per heavy atom. The van der Waals surface area contributed by atoms with Gasteiger partial charge < -0.3 is 4.74 Å². The zero-order valence-corrected chi connectivity index (χ0v) is 15.6. The van der Waals surface area contributed by atoms with Crippen molar-refractivity contribution in [2.75, 3.05) is 0 Å². The molecule has 0 atom stereocenters. The summed E-state index contributed by atoms with van der Waals surface area (Å²) in [7, 11) is 0. The van der Waals surface area contributed by atoms with Crippen LogP contribution in [-0.2, 0) is 4.79 Å². The van der Waals surface area contributed by atoms with Crippen LogP contribution in [0.2, 0.25) is 0 Å². The standard InChI is InChI=1S/C22H36O2/c1-2-3-4-5-6-7-8-9-10-11-12-13-17-20-22(23)24-21-18-15-14-16-19-21/h14-16,18-19H,2-13,17,20H2,1H3. The topological polar surface area (TPSA) is 26.3 Å². The van der Waals surface area contributed by atoms with E-state index < -0.39 is 0 Å². The van der Waals surface area contributed by atoms with Crippen molar-refractivity contribution >= 4 is 5.97 Å². The summed E-state index contributed by atoms with van der Waals surface area (Å²) >= 11 is 0. The predicted molar refractivity (Wildman–Crippen MR) is 102 cm³/mol. The SMILES string of the molecule is CCCCCCCCCCCCCCCC(=O)Oc1ccccc1. The molecule has 0 saturated heterocycles. The Balaban J connectivity index is 1.81. The third kappa shape index (κ3) is 12.2. The van der Waals surface area contributed by atoms with Gasteiger partial charge in [0.05, 0.1) is 0 Å². The van der Waals surface area contributed by atoms with Crippen LogP contribution in [0.25, 0.3) is 0 Å².